The van der Waals surface area contributed by atoms with E-state index in [-0.39, 0.29) is 17.3 Å². The minimum Gasteiger partial charge on any atom is -0.377 e. The van der Waals surface area contributed by atoms with Gasteiger partial charge < -0.3 is 10.1 Å². The van der Waals surface area contributed by atoms with Crippen LogP contribution in [0.15, 0.2) is 29.2 Å². The zero-order chi connectivity index (χ0) is 18.2. The van der Waals surface area contributed by atoms with Gasteiger partial charge in [0.15, 0.2) is 0 Å². The number of hydrogen-bond donors (Lipinski definition) is 2. The second kappa shape index (κ2) is 6.95. The summed E-state index contributed by atoms with van der Waals surface area (Å²) in [5.41, 5.74) is 0.685. The largest absolute Gasteiger partial charge is 0.377 e. The molecule has 1 aliphatic heterocycles. The molecule has 2 N–H and O–H groups in total. The first-order valence-corrected chi connectivity index (χ1v) is 9.69. The van der Waals surface area contributed by atoms with E-state index in [0.717, 1.165) is 4.88 Å². The van der Waals surface area contributed by atoms with Crippen molar-refractivity contribution in [2.24, 2.45) is 0 Å². The van der Waals surface area contributed by atoms with Crippen LogP contribution in [0.5, 0.6) is 0 Å². The van der Waals surface area contributed by atoms with Crippen LogP contribution in [0.3, 0.4) is 0 Å². The highest BCUT2D eigenvalue weighted by Gasteiger charge is 2.35. The Morgan fingerprint density at radius 3 is 2.64 bits per heavy atom. The molecule has 0 bridgehead atoms. The summed E-state index contributed by atoms with van der Waals surface area (Å²) in [5.74, 6) is -0.622. The van der Waals surface area contributed by atoms with Crippen LogP contribution in [0.1, 0.15) is 27.0 Å². The standard InChI is InChI=1S/C17H19FN2O3S2/c1-10-6-12(4-5-13(10)18)19-16(21)14-7-15(11(2)24-14)25(22)20-17(3)8-23-9-17/h4-7,20H,8-9H2,1-3H3,(H,19,21). The Kier molecular flexibility index (Phi) is 5.06. The summed E-state index contributed by atoms with van der Waals surface area (Å²) in [6.45, 7) is 6.44. The van der Waals surface area contributed by atoms with Crippen molar-refractivity contribution < 1.29 is 18.1 Å². The average molecular weight is 382 g/mol. The van der Waals surface area contributed by atoms with Gasteiger partial charge in [0.05, 0.1) is 28.5 Å². The number of aryl methyl sites for hydroxylation is 2. The first-order valence-electron chi connectivity index (χ1n) is 7.73. The molecule has 1 fully saturated rings. The van der Waals surface area contributed by atoms with Gasteiger partial charge in [0.25, 0.3) is 5.91 Å². The number of carbonyl (C=O) groups is 1. The van der Waals surface area contributed by atoms with Crippen molar-refractivity contribution in [3.8, 4) is 0 Å². The van der Waals surface area contributed by atoms with Crippen LogP contribution in [0.4, 0.5) is 10.1 Å². The van der Waals surface area contributed by atoms with Gasteiger partial charge in [0.1, 0.15) is 16.8 Å². The summed E-state index contributed by atoms with van der Waals surface area (Å²) in [4.78, 5) is 14.3. The summed E-state index contributed by atoms with van der Waals surface area (Å²) in [6.07, 6.45) is 0. The SMILES string of the molecule is Cc1cc(NC(=O)c2cc(S(=O)NC3(C)COC3)c(C)s2)ccc1F. The Hall–Kier alpha value is -1.61. The van der Waals surface area contributed by atoms with Crippen molar-refractivity contribution >= 4 is 33.9 Å². The number of carbonyl (C=O) groups excluding carboxylic acids is 1. The lowest BCUT2D eigenvalue weighted by molar-refractivity contribution is -0.0517. The second-order valence-electron chi connectivity index (χ2n) is 6.37. The zero-order valence-electron chi connectivity index (χ0n) is 14.1. The Morgan fingerprint density at radius 1 is 1.32 bits per heavy atom. The van der Waals surface area contributed by atoms with E-state index >= 15 is 0 Å². The third-order valence-electron chi connectivity index (χ3n) is 3.89. The molecule has 5 nitrogen and oxygen atoms in total. The summed E-state index contributed by atoms with van der Waals surface area (Å²) in [5, 5.41) is 2.74. The molecule has 1 aromatic heterocycles. The van der Waals surface area contributed by atoms with E-state index in [4.69, 9.17) is 4.74 Å². The van der Waals surface area contributed by atoms with Crippen molar-refractivity contribution in [1.29, 1.82) is 0 Å². The van der Waals surface area contributed by atoms with Gasteiger partial charge >= 0.3 is 0 Å². The molecule has 8 heteroatoms. The van der Waals surface area contributed by atoms with Gasteiger partial charge in [-0.1, -0.05) is 0 Å². The fourth-order valence-corrected chi connectivity index (χ4v) is 4.82. The van der Waals surface area contributed by atoms with Crippen LogP contribution < -0.4 is 10.0 Å². The number of anilines is 1. The van der Waals surface area contributed by atoms with Crippen LogP contribution in [0.2, 0.25) is 0 Å². The third kappa shape index (κ3) is 3.98. The fraction of sp³-hybridized carbons (Fsp3) is 0.353. The van der Waals surface area contributed by atoms with E-state index in [0.29, 0.717) is 34.2 Å². The molecule has 1 saturated heterocycles. The predicted octanol–water partition coefficient (Wildman–Crippen LogP) is 3.16. The Balaban J connectivity index is 1.73. The first-order chi connectivity index (χ1) is 11.8. The van der Waals surface area contributed by atoms with Gasteiger partial charge in [0, 0.05) is 10.6 Å². The van der Waals surface area contributed by atoms with Gasteiger partial charge in [-0.2, -0.15) is 0 Å². The first kappa shape index (κ1) is 18.2. The molecule has 0 radical (unpaired) electrons. The van der Waals surface area contributed by atoms with E-state index in [9.17, 15) is 13.4 Å². The maximum atomic E-state index is 13.3. The molecule has 0 saturated carbocycles. The molecule has 1 unspecified atom stereocenters. The molecule has 2 aromatic rings. The quantitative estimate of drug-likeness (QED) is 0.835. The van der Waals surface area contributed by atoms with Crippen molar-refractivity contribution in [3.63, 3.8) is 0 Å². The number of ether oxygens (including phenoxy) is 1. The maximum absolute atomic E-state index is 13.3. The highest BCUT2D eigenvalue weighted by atomic mass is 32.2. The Bertz CT molecular complexity index is 846. The monoisotopic (exact) mass is 382 g/mol. The number of hydrogen-bond acceptors (Lipinski definition) is 4. The van der Waals surface area contributed by atoms with Crippen molar-refractivity contribution in [3.05, 3.63) is 45.4 Å². The smallest absolute Gasteiger partial charge is 0.265 e. The second-order valence-corrected chi connectivity index (χ2v) is 8.81. The van der Waals surface area contributed by atoms with Crippen LogP contribution in [0, 0.1) is 19.7 Å². The highest BCUT2D eigenvalue weighted by molar-refractivity contribution is 7.83. The van der Waals surface area contributed by atoms with E-state index in [1.54, 1.807) is 19.1 Å². The van der Waals surface area contributed by atoms with Crippen LogP contribution in [0.25, 0.3) is 0 Å². The van der Waals surface area contributed by atoms with Gasteiger partial charge in [-0.15, -0.1) is 11.3 Å². The summed E-state index contributed by atoms with van der Waals surface area (Å²) in [6, 6.07) is 6.04. The zero-order valence-corrected chi connectivity index (χ0v) is 15.8. The number of thiophene rings is 1. The van der Waals surface area contributed by atoms with Gasteiger partial charge in [-0.3, -0.25) is 4.79 Å². The highest BCUT2D eigenvalue weighted by Crippen LogP contribution is 2.27. The molecule has 134 valence electrons. The molecule has 1 aromatic carbocycles. The number of halogens is 1. The minimum absolute atomic E-state index is 0.298. The lowest BCUT2D eigenvalue weighted by atomic mass is 10.0. The summed E-state index contributed by atoms with van der Waals surface area (Å²) in [7, 11) is -1.41. The third-order valence-corrected chi connectivity index (χ3v) is 6.57. The normalized spacial score (nSPS) is 17.0. The van der Waals surface area contributed by atoms with Gasteiger partial charge in [-0.25, -0.2) is 13.3 Å². The molecular formula is C17H19FN2O3S2. The molecule has 1 amide bonds. The lowest BCUT2D eigenvalue weighted by Gasteiger charge is -2.38. The number of nitrogens with one attached hydrogen (secondary N) is 2. The van der Waals surface area contributed by atoms with Gasteiger partial charge in [-0.05, 0) is 50.6 Å². The number of benzene rings is 1. The number of rotatable bonds is 5. The Morgan fingerprint density at radius 2 is 2.04 bits per heavy atom. The predicted molar refractivity (Wildman–Crippen MR) is 96.9 cm³/mol. The Labute approximate surface area is 152 Å². The van der Waals surface area contributed by atoms with Gasteiger partial charge in [0.2, 0.25) is 0 Å². The van der Waals surface area contributed by atoms with Crippen molar-refractivity contribution in [1.82, 2.24) is 4.72 Å². The molecule has 25 heavy (non-hydrogen) atoms. The van der Waals surface area contributed by atoms with E-state index < -0.39 is 11.0 Å². The van der Waals surface area contributed by atoms with E-state index in [1.165, 1.54) is 23.5 Å². The van der Waals surface area contributed by atoms with Crippen LogP contribution in [-0.2, 0) is 15.7 Å². The van der Waals surface area contributed by atoms with Crippen LogP contribution in [-0.4, -0.2) is 28.9 Å². The lowest BCUT2D eigenvalue weighted by Crippen LogP contribution is -2.58. The average Bonchev–Trinajstić information content (AvgIpc) is 2.91. The van der Waals surface area contributed by atoms with Crippen molar-refractivity contribution in [2.75, 3.05) is 18.5 Å². The minimum atomic E-state index is -1.41. The summed E-state index contributed by atoms with van der Waals surface area (Å²) < 4.78 is 34.0. The summed E-state index contributed by atoms with van der Waals surface area (Å²) >= 11 is 1.28. The number of amides is 1. The molecule has 1 atom stereocenters. The molecule has 0 aliphatic carbocycles. The molecule has 0 spiro atoms. The van der Waals surface area contributed by atoms with Crippen LogP contribution >= 0.6 is 11.3 Å². The topological polar surface area (TPSA) is 67.4 Å². The van der Waals surface area contributed by atoms with Crippen molar-refractivity contribution in [2.45, 2.75) is 31.2 Å². The maximum Gasteiger partial charge on any atom is 0.265 e. The molecular weight excluding hydrogens is 363 g/mol. The van der Waals surface area contributed by atoms with E-state index in [1.807, 2.05) is 13.8 Å². The molecule has 2 heterocycles. The molecule has 3 rings (SSSR count). The fourth-order valence-electron chi connectivity index (χ4n) is 2.42. The van der Waals surface area contributed by atoms with E-state index in [2.05, 4.69) is 10.0 Å². The molecule has 1 aliphatic rings.